The molecule has 0 saturated heterocycles. The highest BCUT2D eigenvalue weighted by Crippen LogP contribution is 2.35. The lowest BCUT2D eigenvalue weighted by Crippen LogP contribution is -2.15. The molecule has 0 bridgehead atoms. The number of aromatic amines is 4. The van der Waals surface area contributed by atoms with Gasteiger partial charge in [0.15, 0.2) is 0 Å². The second-order valence-corrected chi connectivity index (χ2v) is 12.6. The van der Waals surface area contributed by atoms with E-state index in [0.29, 0.717) is 12.0 Å². The first-order valence-electron chi connectivity index (χ1n) is 18.9. The van der Waals surface area contributed by atoms with Gasteiger partial charge in [-0.15, -0.1) is 0 Å². The number of methoxy groups -OCH3 is 3. The fourth-order valence-corrected chi connectivity index (χ4v) is 3.78. The summed E-state index contributed by atoms with van der Waals surface area (Å²) in [5, 5.41) is 37.3. The largest absolute Gasteiger partial charge is 0.789 e. The minimum absolute atomic E-state index is 0.370. The second kappa shape index (κ2) is 55.0. The number of hydrogen-bond donors (Lipinski definition) is 4. The lowest BCUT2D eigenvalue weighted by atomic mass is 9.78. The standard InChI is InChI=1S/C9H20.3C5H12O.C4H10O3P.4C2H3N3/c1-5-9(6-2,7-3)8-4;3*1-3-4-5-6-2;1-4-7-8(3,5)6-2;4*1-2-4-5-3-1/h5-8H2,1-4H3;3*3-5H2,1-2H3;3-4H2,1-2H3;4*1-2H,(H,3,4,5)/q;;;;-1;;;;. The molecule has 0 amide bonds. The van der Waals surface area contributed by atoms with Crippen LogP contribution in [0.15, 0.2) is 49.6 Å². The highest BCUT2D eigenvalue weighted by atomic mass is 31.2. The fourth-order valence-electron chi connectivity index (χ4n) is 3.28. The average molecular weight is 806 g/mol. The zero-order chi connectivity index (χ0) is 42.6. The topological polar surface area (TPSA) is 235 Å². The monoisotopic (exact) mass is 806 g/mol. The van der Waals surface area contributed by atoms with E-state index >= 15 is 0 Å². The van der Waals surface area contributed by atoms with Crippen LogP contribution in [0.25, 0.3) is 0 Å². The maximum atomic E-state index is 10.6. The highest BCUT2D eigenvalue weighted by molar-refractivity contribution is 7.57. The molecule has 4 N–H and O–H groups in total. The van der Waals surface area contributed by atoms with Gasteiger partial charge in [-0.25, -0.2) is 0 Å². The molecule has 4 aromatic rings. The molecule has 0 aliphatic heterocycles. The van der Waals surface area contributed by atoms with Crippen molar-refractivity contribution in [3.8, 4) is 0 Å². The first kappa shape index (κ1) is 60.9. The molecule has 0 aromatic carbocycles. The molecule has 19 heteroatoms. The van der Waals surface area contributed by atoms with Gasteiger partial charge in [0, 0.05) is 62.4 Å². The van der Waals surface area contributed by atoms with E-state index < -0.39 is 7.57 Å². The summed E-state index contributed by atoms with van der Waals surface area (Å²) in [6.45, 7) is 20.5. The molecule has 324 valence electrons. The van der Waals surface area contributed by atoms with Crippen LogP contribution in [0.1, 0.15) is 120 Å². The first-order chi connectivity index (χ1) is 26.6. The lowest BCUT2D eigenvalue weighted by molar-refractivity contribution is -0.205. The molecule has 1 atom stereocenters. The van der Waals surface area contributed by atoms with Crippen LogP contribution < -0.4 is 4.89 Å². The smallest absolute Gasteiger partial charge is 0.0690 e. The van der Waals surface area contributed by atoms with E-state index in [1.807, 2.05) is 0 Å². The summed E-state index contributed by atoms with van der Waals surface area (Å²) in [4.78, 5) is 10.6. The number of aromatic nitrogens is 12. The Bertz CT molecular complexity index is 873. The predicted octanol–water partition coefficient (Wildman–Crippen LogP) is 7.35. The molecule has 0 saturated carbocycles. The minimum Gasteiger partial charge on any atom is -0.789 e. The van der Waals surface area contributed by atoms with Crippen LogP contribution in [0.2, 0.25) is 0 Å². The summed E-state index contributed by atoms with van der Waals surface area (Å²) in [6.07, 6.45) is 28.5. The zero-order valence-electron chi connectivity index (χ0n) is 36.2. The normalized spacial score (nSPS) is 10.4. The van der Waals surface area contributed by atoms with Crippen molar-refractivity contribution in [2.45, 2.75) is 120 Å². The molecular formula is C36H78N12O6P-. The Labute approximate surface area is 332 Å². The van der Waals surface area contributed by atoms with E-state index in [0.717, 1.165) is 19.8 Å². The van der Waals surface area contributed by atoms with E-state index in [4.69, 9.17) is 14.2 Å². The molecule has 0 aliphatic rings. The van der Waals surface area contributed by atoms with Crippen LogP contribution >= 0.6 is 7.57 Å². The summed E-state index contributed by atoms with van der Waals surface area (Å²) in [5.41, 5.74) is 0.667. The number of hydrogen-bond acceptors (Lipinski definition) is 14. The molecule has 4 heterocycles. The van der Waals surface area contributed by atoms with Gasteiger partial charge >= 0.3 is 0 Å². The zero-order valence-corrected chi connectivity index (χ0v) is 37.1. The third kappa shape index (κ3) is 60.1. The number of nitrogens with zero attached hydrogens (tertiary/aromatic N) is 8. The number of H-pyrrole nitrogens is 4. The summed E-state index contributed by atoms with van der Waals surface area (Å²) < 4.78 is 23.3. The van der Waals surface area contributed by atoms with Gasteiger partial charge in [0.1, 0.15) is 0 Å². The van der Waals surface area contributed by atoms with Crippen LogP contribution in [0.3, 0.4) is 0 Å². The van der Waals surface area contributed by atoms with Crippen molar-refractivity contribution in [1.29, 1.82) is 0 Å². The molecular weight excluding hydrogens is 727 g/mol. The molecule has 18 nitrogen and oxygen atoms in total. The van der Waals surface area contributed by atoms with Crippen LogP contribution in [-0.2, 0) is 23.3 Å². The van der Waals surface area contributed by atoms with Crippen LogP contribution in [0, 0.1) is 5.41 Å². The summed E-state index contributed by atoms with van der Waals surface area (Å²) in [6, 6.07) is 0. The molecule has 0 radical (unpaired) electrons. The predicted molar refractivity (Wildman–Crippen MR) is 222 cm³/mol. The van der Waals surface area contributed by atoms with Gasteiger partial charge in [-0.2, -0.15) is 61.6 Å². The van der Waals surface area contributed by atoms with E-state index in [-0.39, 0.29) is 0 Å². The Morgan fingerprint density at radius 1 is 0.491 bits per heavy atom. The van der Waals surface area contributed by atoms with Gasteiger partial charge in [-0.1, -0.05) is 99.7 Å². The molecule has 55 heavy (non-hydrogen) atoms. The van der Waals surface area contributed by atoms with Gasteiger partial charge in [0.25, 0.3) is 0 Å². The molecule has 0 fully saturated rings. The second-order valence-electron chi connectivity index (χ2n) is 10.8. The van der Waals surface area contributed by atoms with E-state index in [2.05, 4.69) is 125 Å². The fraction of sp³-hybridized carbons (Fsp3) is 0.750. The van der Waals surface area contributed by atoms with Crippen LogP contribution in [0.4, 0.5) is 0 Å². The van der Waals surface area contributed by atoms with Crippen molar-refractivity contribution in [2.75, 3.05) is 54.9 Å². The summed E-state index contributed by atoms with van der Waals surface area (Å²) >= 11 is 0. The Hall–Kier alpha value is -3.38. The van der Waals surface area contributed by atoms with E-state index in [1.165, 1.54) is 71.3 Å². The molecule has 0 spiro atoms. The lowest BCUT2D eigenvalue weighted by Gasteiger charge is -2.28. The number of unbranched alkanes of at least 4 members (excludes halogenated alkanes) is 3. The number of nitrogens with one attached hydrogen (secondary N) is 4. The van der Waals surface area contributed by atoms with Crippen molar-refractivity contribution < 1.29 is 28.2 Å². The van der Waals surface area contributed by atoms with Gasteiger partial charge < -0.3 is 28.2 Å². The third-order valence-corrected chi connectivity index (χ3v) is 8.24. The van der Waals surface area contributed by atoms with Crippen molar-refractivity contribution >= 4 is 13.9 Å². The average Bonchev–Trinajstić information content (AvgIpc) is 4.08. The van der Waals surface area contributed by atoms with Gasteiger partial charge in [-0.3, -0.25) is 0 Å². The summed E-state index contributed by atoms with van der Waals surface area (Å²) in [5.74, 6) is 0. The Morgan fingerprint density at radius 3 is 0.782 bits per heavy atom. The third-order valence-electron chi connectivity index (χ3n) is 7.03. The maximum absolute atomic E-state index is 10.6. The SMILES string of the molecule is C=P([O-])(OC)OCC.CCC(CC)(CC)CC.CCCCOC.CCCCOC.CCCCOC.c1cn[nH]n1.c1cn[nH]n1.c1cn[nH]n1.c1cn[nH]n1. The Balaban J connectivity index is -0.000000171. The number of rotatable bonds is 16. The van der Waals surface area contributed by atoms with Gasteiger partial charge in [-0.05, 0) is 31.6 Å². The minimum atomic E-state index is -2.92. The Kier molecular flexibility index (Phi) is 60.8. The quantitative estimate of drug-likeness (QED) is 0.0640. The maximum Gasteiger partial charge on any atom is 0.0690 e. The summed E-state index contributed by atoms with van der Waals surface area (Å²) in [7, 11) is 3.58. The first-order valence-corrected chi connectivity index (χ1v) is 20.6. The highest BCUT2D eigenvalue weighted by Gasteiger charge is 2.20. The molecule has 1 unspecified atom stereocenters. The molecule has 4 aromatic heterocycles. The Morgan fingerprint density at radius 2 is 0.727 bits per heavy atom. The van der Waals surface area contributed by atoms with Crippen molar-refractivity contribution in [2.24, 2.45) is 5.41 Å². The molecule has 4 rings (SSSR count). The molecule has 0 aliphatic carbocycles. The van der Waals surface area contributed by atoms with Crippen molar-refractivity contribution in [3.63, 3.8) is 0 Å². The van der Waals surface area contributed by atoms with Crippen LogP contribution in [0.5, 0.6) is 0 Å². The van der Waals surface area contributed by atoms with Crippen molar-refractivity contribution in [1.82, 2.24) is 61.6 Å². The number of ether oxygens (including phenoxy) is 3. The van der Waals surface area contributed by atoms with E-state index in [1.54, 1.807) is 77.8 Å². The van der Waals surface area contributed by atoms with Crippen molar-refractivity contribution in [3.05, 3.63) is 49.6 Å². The van der Waals surface area contributed by atoms with E-state index in [9.17, 15) is 4.89 Å². The van der Waals surface area contributed by atoms with Crippen LogP contribution in [-0.4, -0.2) is 123 Å². The van der Waals surface area contributed by atoms with Gasteiger partial charge in [0.2, 0.25) is 0 Å². The van der Waals surface area contributed by atoms with Gasteiger partial charge in [0.05, 0.1) is 49.6 Å².